The summed E-state index contributed by atoms with van der Waals surface area (Å²) in [6.07, 6.45) is 8.87. The van der Waals surface area contributed by atoms with E-state index in [0.717, 1.165) is 76.6 Å². The summed E-state index contributed by atoms with van der Waals surface area (Å²) in [6.45, 7) is 4.44. The number of nitrogens with two attached hydrogens (primary N) is 1. The van der Waals surface area contributed by atoms with E-state index in [1.165, 1.54) is 6.92 Å². The van der Waals surface area contributed by atoms with E-state index < -0.39 is 0 Å². The second-order valence-electron chi connectivity index (χ2n) is 10.1. The molecule has 3 amide bonds. The molecule has 0 radical (unpaired) electrons. The zero-order valence-corrected chi connectivity index (χ0v) is 20.4. The highest BCUT2D eigenvalue weighted by atomic mass is 16.2. The van der Waals surface area contributed by atoms with Gasteiger partial charge in [0.25, 0.3) is 5.91 Å². The van der Waals surface area contributed by atoms with Crippen LogP contribution in [-0.2, 0) is 9.59 Å². The lowest BCUT2D eigenvalue weighted by Gasteiger charge is -2.28. The Labute approximate surface area is 202 Å². The van der Waals surface area contributed by atoms with Gasteiger partial charge in [0.05, 0.1) is 11.4 Å². The second kappa shape index (κ2) is 11.2. The maximum atomic E-state index is 12.9. The normalized spacial score (nSPS) is 23.9. The van der Waals surface area contributed by atoms with Gasteiger partial charge in [-0.3, -0.25) is 14.4 Å². The number of hydrogen-bond acceptors (Lipinski definition) is 5. The molecule has 2 saturated carbocycles. The average Bonchev–Trinajstić information content (AvgIpc) is 3.25. The van der Waals surface area contributed by atoms with Gasteiger partial charge in [-0.25, -0.2) is 0 Å². The molecule has 1 aliphatic heterocycles. The lowest BCUT2D eigenvalue weighted by molar-refractivity contribution is -0.135. The molecule has 1 saturated heterocycles. The van der Waals surface area contributed by atoms with E-state index in [2.05, 4.69) is 15.5 Å². The number of anilines is 2. The van der Waals surface area contributed by atoms with Crippen LogP contribution in [0.5, 0.6) is 0 Å². The van der Waals surface area contributed by atoms with Crippen LogP contribution in [0.25, 0.3) is 0 Å². The van der Waals surface area contributed by atoms with E-state index in [-0.39, 0.29) is 29.8 Å². The molecule has 0 atom stereocenters. The maximum Gasteiger partial charge on any atom is 0.251 e. The van der Waals surface area contributed by atoms with Crippen molar-refractivity contribution in [2.45, 2.75) is 76.8 Å². The Morgan fingerprint density at radius 2 is 1.65 bits per heavy atom. The molecule has 1 aromatic rings. The summed E-state index contributed by atoms with van der Waals surface area (Å²) in [7, 11) is 0. The number of benzene rings is 1. The number of carbonyl (C=O) groups is 3. The molecule has 0 aromatic heterocycles. The molecule has 0 spiro atoms. The van der Waals surface area contributed by atoms with Crippen molar-refractivity contribution in [1.29, 1.82) is 0 Å². The average molecular weight is 470 g/mol. The van der Waals surface area contributed by atoms with E-state index in [0.29, 0.717) is 30.2 Å². The summed E-state index contributed by atoms with van der Waals surface area (Å²) in [5.74, 6) is 0.201. The lowest BCUT2D eigenvalue weighted by Crippen LogP contribution is -2.40. The Bertz CT molecular complexity index is 890. The molecule has 2 aliphatic carbocycles. The van der Waals surface area contributed by atoms with Crippen LogP contribution in [0, 0.1) is 5.92 Å². The Kier molecular flexibility index (Phi) is 8.08. The first kappa shape index (κ1) is 24.5. The number of rotatable bonds is 5. The summed E-state index contributed by atoms with van der Waals surface area (Å²) in [5, 5.41) is 6.04. The Morgan fingerprint density at radius 3 is 2.35 bits per heavy atom. The van der Waals surface area contributed by atoms with Gasteiger partial charge < -0.3 is 26.2 Å². The minimum absolute atomic E-state index is 0.122. The van der Waals surface area contributed by atoms with Crippen LogP contribution >= 0.6 is 0 Å². The molecule has 1 aromatic carbocycles. The van der Waals surface area contributed by atoms with Crippen molar-refractivity contribution in [2.75, 3.05) is 36.4 Å². The van der Waals surface area contributed by atoms with Gasteiger partial charge in [0, 0.05) is 56.7 Å². The molecule has 0 bridgehead atoms. The van der Waals surface area contributed by atoms with Gasteiger partial charge in [0.15, 0.2) is 0 Å². The smallest absolute Gasteiger partial charge is 0.251 e. The highest BCUT2D eigenvalue weighted by Crippen LogP contribution is 2.30. The van der Waals surface area contributed by atoms with Gasteiger partial charge in [0.1, 0.15) is 0 Å². The molecule has 34 heavy (non-hydrogen) atoms. The lowest BCUT2D eigenvalue weighted by atomic mass is 9.91. The Morgan fingerprint density at radius 1 is 0.912 bits per heavy atom. The van der Waals surface area contributed by atoms with Crippen LogP contribution in [0.1, 0.15) is 75.1 Å². The second-order valence-corrected chi connectivity index (χ2v) is 10.1. The van der Waals surface area contributed by atoms with E-state index in [1.54, 1.807) is 6.07 Å². The summed E-state index contributed by atoms with van der Waals surface area (Å²) < 4.78 is 0. The van der Waals surface area contributed by atoms with E-state index in [1.807, 2.05) is 17.0 Å². The molecule has 8 heteroatoms. The Hall–Kier alpha value is -2.61. The van der Waals surface area contributed by atoms with Gasteiger partial charge in [0.2, 0.25) is 11.8 Å². The molecule has 186 valence electrons. The van der Waals surface area contributed by atoms with Crippen LogP contribution in [0.2, 0.25) is 0 Å². The number of amides is 3. The molecule has 4 rings (SSSR count). The third kappa shape index (κ3) is 6.09. The fourth-order valence-corrected chi connectivity index (χ4v) is 5.58. The predicted octanol–water partition coefficient (Wildman–Crippen LogP) is 2.87. The standard InChI is InChI=1S/C26H39N5O3/c1-18(32)28-23-17-20(25(33)29-22-10-8-21(27)9-11-22)7-12-24(23)30-13-4-14-31(16-15-30)26(34)19-5-2-3-6-19/h7,12,17,19,21-22H,2-6,8-11,13-16,27H2,1H3,(H,28,32)(H,29,33). The third-order valence-corrected chi connectivity index (χ3v) is 7.53. The summed E-state index contributed by atoms with van der Waals surface area (Å²) in [6, 6.07) is 5.90. The van der Waals surface area contributed by atoms with E-state index in [9.17, 15) is 14.4 Å². The number of nitrogens with one attached hydrogen (secondary N) is 2. The van der Waals surface area contributed by atoms with Crippen molar-refractivity contribution in [3.8, 4) is 0 Å². The first-order chi connectivity index (χ1) is 16.4. The molecular formula is C26H39N5O3. The molecule has 0 unspecified atom stereocenters. The van der Waals surface area contributed by atoms with Crippen molar-refractivity contribution in [2.24, 2.45) is 11.7 Å². The summed E-state index contributed by atoms with van der Waals surface area (Å²) in [4.78, 5) is 42.0. The maximum absolute atomic E-state index is 12.9. The van der Waals surface area contributed by atoms with Crippen molar-refractivity contribution >= 4 is 29.1 Å². The zero-order chi connectivity index (χ0) is 24.1. The number of carbonyl (C=O) groups excluding carboxylic acids is 3. The van der Waals surface area contributed by atoms with Crippen LogP contribution < -0.4 is 21.3 Å². The van der Waals surface area contributed by atoms with Gasteiger partial charge in [-0.2, -0.15) is 0 Å². The first-order valence-electron chi connectivity index (χ1n) is 12.9. The van der Waals surface area contributed by atoms with Gasteiger partial charge >= 0.3 is 0 Å². The fraction of sp³-hybridized carbons (Fsp3) is 0.654. The van der Waals surface area contributed by atoms with Crippen molar-refractivity contribution in [3.63, 3.8) is 0 Å². The van der Waals surface area contributed by atoms with Gasteiger partial charge in [-0.05, 0) is 63.1 Å². The van der Waals surface area contributed by atoms with Crippen molar-refractivity contribution < 1.29 is 14.4 Å². The molecule has 1 heterocycles. The van der Waals surface area contributed by atoms with Gasteiger partial charge in [-0.15, -0.1) is 0 Å². The highest BCUT2D eigenvalue weighted by Gasteiger charge is 2.29. The molecule has 4 N–H and O–H groups in total. The number of hydrogen-bond donors (Lipinski definition) is 3. The minimum atomic E-state index is -0.173. The zero-order valence-electron chi connectivity index (χ0n) is 20.4. The highest BCUT2D eigenvalue weighted by molar-refractivity contribution is 5.99. The largest absolute Gasteiger partial charge is 0.368 e. The number of nitrogens with zero attached hydrogens (tertiary/aromatic N) is 2. The topological polar surface area (TPSA) is 108 Å². The quantitative estimate of drug-likeness (QED) is 0.615. The molecule has 8 nitrogen and oxygen atoms in total. The van der Waals surface area contributed by atoms with Crippen LogP contribution in [-0.4, -0.2) is 60.9 Å². The molecule has 3 aliphatic rings. The fourth-order valence-electron chi connectivity index (χ4n) is 5.58. The first-order valence-corrected chi connectivity index (χ1v) is 12.9. The predicted molar refractivity (Wildman–Crippen MR) is 134 cm³/mol. The summed E-state index contributed by atoms with van der Waals surface area (Å²) >= 11 is 0. The van der Waals surface area contributed by atoms with Crippen molar-refractivity contribution in [1.82, 2.24) is 10.2 Å². The van der Waals surface area contributed by atoms with E-state index >= 15 is 0 Å². The van der Waals surface area contributed by atoms with Crippen LogP contribution in [0.15, 0.2) is 18.2 Å². The van der Waals surface area contributed by atoms with Crippen LogP contribution in [0.3, 0.4) is 0 Å². The minimum Gasteiger partial charge on any atom is -0.368 e. The molecule has 3 fully saturated rings. The molecular weight excluding hydrogens is 430 g/mol. The van der Waals surface area contributed by atoms with E-state index in [4.69, 9.17) is 5.73 Å². The third-order valence-electron chi connectivity index (χ3n) is 7.53. The SMILES string of the molecule is CC(=O)Nc1cc(C(=O)NC2CCC(N)CC2)ccc1N1CCCN(C(=O)C2CCCC2)CC1. The summed E-state index contributed by atoms with van der Waals surface area (Å²) in [5.41, 5.74) is 8.05. The van der Waals surface area contributed by atoms with Crippen molar-refractivity contribution in [3.05, 3.63) is 23.8 Å². The monoisotopic (exact) mass is 469 g/mol. The Balaban J connectivity index is 1.44. The van der Waals surface area contributed by atoms with Crippen LogP contribution in [0.4, 0.5) is 11.4 Å². The van der Waals surface area contributed by atoms with Gasteiger partial charge in [-0.1, -0.05) is 12.8 Å².